The fraction of sp³-hybridized carbons (Fsp3) is 0.526. The Bertz CT molecular complexity index is 488. The van der Waals surface area contributed by atoms with Gasteiger partial charge < -0.3 is 9.47 Å². The summed E-state index contributed by atoms with van der Waals surface area (Å²) in [5.74, 6) is 0.712. The van der Waals surface area contributed by atoms with Crippen LogP contribution in [0.1, 0.15) is 57.4 Å². The van der Waals surface area contributed by atoms with E-state index in [1.165, 1.54) is 43.2 Å². The normalized spacial score (nSPS) is 14.9. The van der Waals surface area contributed by atoms with Gasteiger partial charge in [-0.1, -0.05) is 24.6 Å². The molecule has 3 heteroatoms. The molecule has 0 saturated heterocycles. The number of benzene rings is 1. The lowest BCUT2D eigenvalue weighted by atomic mass is 10.0. The van der Waals surface area contributed by atoms with Crippen molar-refractivity contribution in [2.45, 2.75) is 51.9 Å². The lowest BCUT2D eigenvalue weighted by Gasteiger charge is -2.09. The number of allylic oxidation sites excluding steroid dienone is 2. The molecule has 1 aromatic rings. The number of hydrogen-bond donors (Lipinski definition) is 0. The van der Waals surface area contributed by atoms with Gasteiger partial charge in [-0.05, 0) is 62.3 Å². The average Bonchev–Trinajstić information content (AvgIpc) is 2.82. The zero-order valence-corrected chi connectivity index (χ0v) is 13.5. The topological polar surface area (TPSA) is 35.5 Å². The highest BCUT2D eigenvalue weighted by atomic mass is 16.5. The minimum Gasteiger partial charge on any atom is -0.494 e. The number of hydrogen-bond acceptors (Lipinski definition) is 3. The van der Waals surface area contributed by atoms with Crippen LogP contribution in [0.2, 0.25) is 0 Å². The molecule has 0 spiro atoms. The molecule has 0 radical (unpaired) electrons. The quantitative estimate of drug-likeness (QED) is 0.538. The highest BCUT2D eigenvalue weighted by Crippen LogP contribution is 2.27. The average molecular weight is 302 g/mol. The molecule has 1 aliphatic rings. The molecule has 0 atom stereocenters. The van der Waals surface area contributed by atoms with Gasteiger partial charge in [-0.2, -0.15) is 0 Å². The van der Waals surface area contributed by atoms with Crippen molar-refractivity contribution in [2.24, 2.45) is 0 Å². The van der Waals surface area contributed by atoms with Crippen molar-refractivity contribution in [3.63, 3.8) is 0 Å². The molecule has 3 nitrogen and oxygen atoms in total. The van der Waals surface area contributed by atoms with Crippen molar-refractivity contribution in [3.05, 3.63) is 35.9 Å². The predicted octanol–water partition coefficient (Wildman–Crippen LogP) is 4.76. The van der Waals surface area contributed by atoms with E-state index in [-0.39, 0.29) is 5.97 Å². The van der Waals surface area contributed by atoms with Gasteiger partial charge in [0.2, 0.25) is 0 Å². The van der Waals surface area contributed by atoms with Gasteiger partial charge in [0.05, 0.1) is 13.2 Å². The Morgan fingerprint density at radius 1 is 1.14 bits per heavy atom. The maximum atomic E-state index is 11.2. The highest BCUT2D eigenvalue weighted by molar-refractivity contribution is 5.69. The van der Waals surface area contributed by atoms with Gasteiger partial charge >= 0.3 is 5.97 Å². The zero-order valence-electron chi connectivity index (χ0n) is 13.5. The molecule has 0 bridgehead atoms. The second kappa shape index (κ2) is 9.29. The predicted molar refractivity (Wildman–Crippen MR) is 88.9 cm³/mol. The van der Waals surface area contributed by atoms with Crippen molar-refractivity contribution >= 4 is 11.5 Å². The number of esters is 1. The van der Waals surface area contributed by atoms with Crippen LogP contribution in [-0.4, -0.2) is 19.2 Å². The molecular formula is C19H26O3. The van der Waals surface area contributed by atoms with Crippen LogP contribution in [0.15, 0.2) is 30.3 Å². The standard InChI is InChI=1S/C19H26O3/c1-2-21-19(20)10-7-15-22-18-13-11-17(12-14-18)16-8-5-3-4-6-9-16/h8,11-14H,2-7,9-10,15H2,1H3. The summed E-state index contributed by atoms with van der Waals surface area (Å²) in [5, 5.41) is 0. The molecule has 22 heavy (non-hydrogen) atoms. The number of carbonyl (C=O) groups excluding carboxylic acids is 1. The second-order valence-electron chi connectivity index (χ2n) is 5.61. The lowest BCUT2D eigenvalue weighted by Crippen LogP contribution is -2.06. The molecule has 120 valence electrons. The Kier molecular flexibility index (Phi) is 7.01. The molecule has 0 fully saturated rings. The van der Waals surface area contributed by atoms with Crippen LogP contribution in [0.5, 0.6) is 5.75 Å². The summed E-state index contributed by atoms with van der Waals surface area (Å²) in [5.41, 5.74) is 2.77. The van der Waals surface area contributed by atoms with E-state index in [4.69, 9.17) is 9.47 Å². The Labute approximate surface area is 133 Å². The fourth-order valence-electron chi connectivity index (χ4n) is 2.68. The van der Waals surface area contributed by atoms with Crippen LogP contribution in [0.4, 0.5) is 0 Å². The van der Waals surface area contributed by atoms with Crippen LogP contribution < -0.4 is 4.74 Å². The van der Waals surface area contributed by atoms with Gasteiger partial charge in [0, 0.05) is 6.42 Å². The van der Waals surface area contributed by atoms with Crippen LogP contribution >= 0.6 is 0 Å². The largest absolute Gasteiger partial charge is 0.494 e. The Morgan fingerprint density at radius 2 is 1.95 bits per heavy atom. The van der Waals surface area contributed by atoms with Gasteiger partial charge in [0.25, 0.3) is 0 Å². The molecular weight excluding hydrogens is 276 g/mol. The maximum Gasteiger partial charge on any atom is 0.305 e. The molecule has 1 aromatic carbocycles. The van der Waals surface area contributed by atoms with E-state index < -0.39 is 0 Å². The molecule has 0 aromatic heterocycles. The Balaban J connectivity index is 1.77. The summed E-state index contributed by atoms with van der Waals surface area (Å²) in [7, 11) is 0. The van der Waals surface area contributed by atoms with Crippen molar-refractivity contribution in [2.75, 3.05) is 13.2 Å². The van der Waals surface area contributed by atoms with E-state index in [2.05, 4.69) is 18.2 Å². The number of ether oxygens (including phenoxy) is 2. The van der Waals surface area contributed by atoms with Crippen molar-refractivity contribution in [3.8, 4) is 5.75 Å². The number of carbonyl (C=O) groups is 1. The fourth-order valence-corrected chi connectivity index (χ4v) is 2.68. The third-order valence-corrected chi connectivity index (χ3v) is 3.87. The van der Waals surface area contributed by atoms with Crippen molar-refractivity contribution in [1.29, 1.82) is 0 Å². The van der Waals surface area contributed by atoms with E-state index in [9.17, 15) is 4.79 Å². The molecule has 2 rings (SSSR count). The molecule has 0 aliphatic heterocycles. The van der Waals surface area contributed by atoms with Gasteiger partial charge in [-0.3, -0.25) is 4.79 Å². The van der Waals surface area contributed by atoms with Gasteiger partial charge in [-0.15, -0.1) is 0 Å². The smallest absolute Gasteiger partial charge is 0.305 e. The van der Waals surface area contributed by atoms with Gasteiger partial charge in [0.1, 0.15) is 5.75 Å². The lowest BCUT2D eigenvalue weighted by molar-refractivity contribution is -0.143. The highest BCUT2D eigenvalue weighted by Gasteiger charge is 2.06. The third kappa shape index (κ3) is 5.55. The Morgan fingerprint density at radius 3 is 2.73 bits per heavy atom. The van der Waals surface area contributed by atoms with Gasteiger partial charge in [-0.25, -0.2) is 0 Å². The van der Waals surface area contributed by atoms with E-state index >= 15 is 0 Å². The van der Waals surface area contributed by atoms with E-state index in [0.717, 1.165) is 5.75 Å². The summed E-state index contributed by atoms with van der Waals surface area (Å²) in [6.07, 6.45) is 9.79. The molecule has 0 unspecified atom stereocenters. The summed E-state index contributed by atoms with van der Waals surface area (Å²) in [4.78, 5) is 11.2. The SMILES string of the molecule is CCOC(=O)CCCOc1ccc(C2=CCCCCC2)cc1. The Hall–Kier alpha value is -1.77. The van der Waals surface area contributed by atoms with Crippen LogP contribution in [0.25, 0.3) is 5.57 Å². The van der Waals surface area contributed by atoms with Gasteiger partial charge in [0.15, 0.2) is 0 Å². The van der Waals surface area contributed by atoms with Crippen molar-refractivity contribution in [1.82, 2.24) is 0 Å². The van der Waals surface area contributed by atoms with Crippen LogP contribution in [0.3, 0.4) is 0 Å². The summed E-state index contributed by atoms with van der Waals surface area (Å²) in [6, 6.07) is 8.31. The molecule has 0 saturated carbocycles. The molecule has 0 heterocycles. The monoisotopic (exact) mass is 302 g/mol. The first-order valence-electron chi connectivity index (χ1n) is 8.37. The second-order valence-corrected chi connectivity index (χ2v) is 5.61. The first-order chi connectivity index (χ1) is 10.8. The first-order valence-corrected chi connectivity index (χ1v) is 8.37. The summed E-state index contributed by atoms with van der Waals surface area (Å²) < 4.78 is 10.6. The molecule has 0 amide bonds. The van der Waals surface area contributed by atoms with Crippen molar-refractivity contribution < 1.29 is 14.3 Å². The minimum atomic E-state index is -0.151. The minimum absolute atomic E-state index is 0.151. The summed E-state index contributed by atoms with van der Waals surface area (Å²) in [6.45, 7) is 2.80. The van der Waals surface area contributed by atoms with E-state index in [1.807, 2.05) is 19.1 Å². The third-order valence-electron chi connectivity index (χ3n) is 3.87. The zero-order chi connectivity index (χ0) is 15.6. The number of rotatable bonds is 7. The van der Waals surface area contributed by atoms with Crippen LogP contribution in [0, 0.1) is 0 Å². The molecule has 0 N–H and O–H groups in total. The maximum absolute atomic E-state index is 11.2. The first kappa shape index (κ1) is 16.6. The van der Waals surface area contributed by atoms with E-state index in [0.29, 0.717) is 26.1 Å². The molecule has 1 aliphatic carbocycles. The summed E-state index contributed by atoms with van der Waals surface area (Å²) >= 11 is 0. The van der Waals surface area contributed by atoms with Crippen LogP contribution in [-0.2, 0) is 9.53 Å². The van der Waals surface area contributed by atoms with E-state index in [1.54, 1.807) is 0 Å².